The van der Waals surface area contributed by atoms with E-state index in [9.17, 15) is 4.79 Å². The second kappa shape index (κ2) is 9.33. The van der Waals surface area contributed by atoms with Crippen LogP contribution in [-0.2, 0) is 6.61 Å². The quantitative estimate of drug-likeness (QED) is 0.275. The molecule has 3 aromatic rings. The van der Waals surface area contributed by atoms with Crippen molar-refractivity contribution in [1.82, 2.24) is 0 Å². The number of carbonyl (C=O) groups is 1. The van der Waals surface area contributed by atoms with Gasteiger partial charge in [-0.3, -0.25) is 4.79 Å². The van der Waals surface area contributed by atoms with Gasteiger partial charge in [-0.05, 0) is 102 Å². The third-order valence-corrected chi connectivity index (χ3v) is 10.7. The van der Waals surface area contributed by atoms with Crippen LogP contribution in [0.2, 0.25) is 18.1 Å². The van der Waals surface area contributed by atoms with Crippen molar-refractivity contribution in [1.29, 1.82) is 0 Å². The first kappa shape index (κ1) is 23.8. The summed E-state index contributed by atoms with van der Waals surface area (Å²) >= 11 is 0. The minimum atomic E-state index is -1.88. The molecule has 0 bridgehead atoms. The maximum Gasteiger partial charge on any atom is 0.250 e. The molecule has 32 heavy (non-hydrogen) atoms. The van der Waals surface area contributed by atoms with Gasteiger partial charge in [-0.2, -0.15) is 0 Å². The van der Waals surface area contributed by atoms with E-state index in [2.05, 4.69) is 84.1 Å². The lowest BCUT2D eigenvalue weighted by atomic mass is 9.94. The monoisotopic (exact) mass is 446 g/mol. The molecule has 3 aromatic carbocycles. The molecule has 0 radical (unpaired) electrons. The Kier molecular flexibility index (Phi) is 6.94. The van der Waals surface area contributed by atoms with Crippen LogP contribution in [0.1, 0.15) is 47.8 Å². The zero-order valence-electron chi connectivity index (χ0n) is 20.3. The molecule has 168 valence electrons. The van der Waals surface area contributed by atoms with Crippen molar-refractivity contribution in [3.05, 3.63) is 82.9 Å². The van der Waals surface area contributed by atoms with Crippen LogP contribution >= 0.6 is 0 Å². The standard InChI is InChI=1S/C28H34O3Si/c1-20-15-26(31-32(6,7)28(3,4)5)16-21(2)27(20)24-10-8-9-23(17-24)19-30-25-13-11-22(18-29)12-14-25/h8-18H,19H2,1-7H3. The van der Waals surface area contributed by atoms with Crippen LogP contribution in [0.5, 0.6) is 11.5 Å². The third kappa shape index (κ3) is 5.49. The van der Waals surface area contributed by atoms with Gasteiger partial charge in [0.1, 0.15) is 24.4 Å². The smallest absolute Gasteiger partial charge is 0.250 e. The van der Waals surface area contributed by atoms with Crippen molar-refractivity contribution in [2.75, 3.05) is 0 Å². The van der Waals surface area contributed by atoms with E-state index in [0.29, 0.717) is 12.2 Å². The van der Waals surface area contributed by atoms with Crippen molar-refractivity contribution in [2.24, 2.45) is 0 Å². The van der Waals surface area contributed by atoms with E-state index in [-0.39, 0.29) is 5.04 Å². The lowest BCUT2D eigenvalue weighted by Gasteiger charge is -2.36. The molecule has 0 aliphatic carbocycles. The summed E-state index contributed by atoms with van der Waals surface area (Å²) < 4.78 is 12.5. The van der Waals surface area contributed by atoms with Crippen molar-refractivity contribution >= 4 is 14.6 Å². The molecule has 0 N–H and O–H groups in total. The molecule has 0 heterocycles. The van der Waals surface area contributed by atoms with Gasteiger partial charge in [-0.25, -0.2) is 0 Å². The average Bonchev–Trinajstić information content (AvgIpc) is 2.71. The SMILES string of the molecule is Cc1cc(O[Si](C)(C)C(C)(C)C)cc(C)c1-c1cccc(COc2ccc(C=O)cc2)c1. The van der Waals surface area contributed by atoms with Crippen LogP contribution in [0.25, 0.3) is 11.1 Å². The molecule has 0 amide bonds. The lowest BCUT2D eigenvalue weighted by molar-refractivity contribution is 0.112. The summed E-state index contributed by atoms with van der Waals surface area (Å²) in [5.41, 5.74) is 6.58. The minimum Gasteiger partial charge on any atom is -0.543 e. The fourth-order valence-corrected chi connectivity index (χ4v) is 4.52. The largest absolute Gasteiger partial charge is 0.543 e. The molecule has 0 unspecified atom stereocenters. The highest BCUT2D eigenvalue weighted by Gasteiger charge is 2.39. The molecule has 4 heteroatoms. The van der Waals surface area contributed by atoms with E-state index < -0.39 is 8.32 Å². The Morgan fingerprint density at radius 3 is 2.06 bits per heavy atom. The number of aldehydes is 1. The molecule has 3 rings (SSSR count). The Morgan fingerprint density at radius 1 is 0.875 bits per heavy atom. The summed E-state index contributed by atoms with van der Waals surface area (Å²) in [4.78, 5) is 10.8. The van der Waals surface area contributed by atoms with Gasteiger partial charge in [-0.1, -0.05) is 39.0 Å². The number of hydrogen-bond acceptors (Lipinski definition) is 3. The normalized spacial score (nSPS) is 11.8. The van der Waals surface area contributed by atoms with Gasteiger partial charge in [0.2, 0.25) is 8.32 Å². The van der Waals surface area contributed by atoms with Gasteiger partial charge in [0.05, 0.1) is 0 Å². The van der Waals surface area contributed by atoms with Gasteiger partial charge in [0.15, 0.2) is 0 Å². The Hall–Kier alpha value is -2.85. The topological polar surface area (TPSA) is 35.5 Å². The van der Waals surface area contributed by atoms with E-state index in [4.69, 9.17) is 9.16 Å². The first-order valence-corrected chi connectivity index (χ1v) is 14.0. The van der Waals surface area contributed by atoms with E-state index >= 15 is 0 Å². The first-order chi connectivity index (χ1) is 15.0. The van der Waals surface area contributed by atoms with Crippen LogP contribution in [0, 0.1) is 13.8 Å². The van der Waals surface area contributed by atoms with Gasteiger partial charge in [-0.15, -0.1) is 0 Å². The van der Waals surface area contributed by atoms with Crippen LogP contribution < -0.4 is 9.16 Å². The highest BCUT2D eigenvalue weighted by Crippen LogP contribution is 2.39. The highest BCUT2D eigenvalue weighted by molar-refractivity contribution is 6.74. The predicted molar refractivity (Wildman–Crippen MR) is 135 cm³/mol. The highest BCUT2D eigenvalue weighted by atomic mass is 28.4. The fourth-order valence-electron chi connectivity index (χ4n) is 3.51. The Bertz CT molecular complexity index is 1070. The third-order valence-electron chi connectivity index (χ3n) is 6.32. The maximum absolute atomic E-state index is 10.8. The number of hydrogen-bond donors (Lipinski definition) is 0. The Labute approximate surface area is 193 Å². The van der Waals surface area contributed by atoms with E-state index in [0.717, 1.165) is 23.3 Å². The zero-order valence-corrected chi connectivity index (χ0v) is 21.3. The minimum absolute atomic E-state index is 0.162. The van der Waals surface area contributed by atoms with E-state index in [1.807, 2.05) is 12.1 Å². The van der Waals surface area contributed by atoms with Gasteiger partial charge >= 0.3 is 0 Å². The average molecular weight is 447 g/mol. The van der Waals surface area contributed by atoms with Gasteiger partial charge in [0.25, 0.3) is 0 Å². The summed E-state index contributed by atoms with van der Waals surface area (Å²) in [5.74, 6) is 1.72. The number of carbonyl (C=O) groups excluding carboxylic acids is 1. The zero-order chi connectivity index (χ0) is 23.5. The number of benzene rings is 3. The Morgan fingerprint density at radius 2 is 1.50 bits per heavy atom. The number of ether oxygens (including phenoxy) is 1. The predicted octanol–water partition coefficient (Wildman–Crippen LogP) is 7.75. The Balaban J connectivity index is 1.81. The summed E-state index contributed by atoms with van der Waals surface area (Å²) in [6.45, 7) is 16.1. The van der Waals surface area contributed by atoms with Crippen LogP contribution in [-0.4, -0.2) is 14.6 Å². The first-order valence-electron chi connectivity index (χ1n) is 11.1. The second-order valence-electron chi connectivity index (χ2n) is 9.97. The van der Waals surface area contributed by atoms with Gasteiger partial charge in [0, 0.05) is 5.56 Å². The fraction of sp³-hybridized carbons (Fsp3) is 0.321. The second-order valence-corrected chi connectivity index (χ2v) is 14.7. The van der Waals surface area contributed by atoms with Gasteiger partial charge < -0.3 is 9.16 Å². The molecule has 0 aliphatic heterocycles. The molecule has 0 saturated carbocycles. The van der Waals surface area contributed by atoms with Crippen molar-refractivity contribution in [2.45, 2.75) is 59.4 Å². The van der Waals surface area contributed by atoms with Crippen LogP contribution in [0.3, 0.4) is 0 Å². The summed E-state index contributed by atoms with van der Waals surface area (Å²) in [6, 6.07) is 20.0. The van der Waals surface area contributed by atoms with Crippen molar-refractivity contribution in [3.63, 3.8) is 0 Å². The number of aryl methyl sites for hydroxylation is 2. The molecule has 0 spiro atoms. The van der Waals surface area contributed by atoms with Crippen LogP contribution in [0.15, 0.2) is 60.7 Å². The summed E-state index contributed by atoms with van der Waals surface area (Å²) in [7, 11) is -1.88. The molecule has 3 nitrogen and oxygen atoms in total. The summed E-state index contributed by atoms with van der Waals surface area (Å²) in [5, 5.41) is 0.162. The van der Waals surface area contributed by atoms with Crippen LogP contribution in [0.4, 0.5) is 0 Å². The molecule has 0 aromatic heterocycles. The molecule has 0 fully saturated rings. The van der Waals surface area contributed by atoms with Crippen molar-refractivity contribution in [3.8, 4) is 22.6 Å². The van der Waals surface area contributed by atoms with E-state index in [1.165, 1.54) is 22.3 Å². The molecule has 0 aliphatic rings. The molecular weight excluding hydrogens is 412 g/mol. The molecule has 0 saturated heterocycles. The van der Waals surface area contributed by atoms with Crippen molar-refractivity contribution < 1.29 is 14.0 Å². The molecular formula is C28H34O3Si. The lowest BCUT2D eigenvalue weighted by Crippen LogP contribution is -2.43. The van der Waals surface area contributed by atoms with E-state index in [1.54, 1.807) is 12.1 Å². The number of rotatable bonds is 7. The summed E-state index contributed by atoms with van der Waals surface area (Å²) in [6.07, 6.45) is 0.834. The molecule has 0 atom stereocenters. The maximum atomic E-state index is 10.8.